The highest BCUT2D eigenvalue weighted by Crippen LogP contribution is 2.34. The number of alkyl halides is 2. The van der Waals surface area contributed by atoms with Gasteiger partial charge in [0.15, 0.2) is 30.4 Å². The number of thioether (sulfide) groups is 1. The number of allylic oxidation sites excluding steroid dienone is 1. The third-order valence-corrected chi connectivity index (χ3v) is 5.34. The van der Waals surface area contributed by atoms with Crippen LogP contribution in [0.5, 0.6) is 0 Å². The van der Waals surface area contributed by atoms with Gasteiger partial charge in [0.1, 0.15) is 17.2 Å². The maximum absolute atomic E-state index is 12.5. The number of ether oxygens (including phenoxy) is 1. The van der Waals surface area contributed by atoms with Crippen molar-refractivity contribution in [3.8, 4) is 0 Å². The van der Waals surface area contributed by atoms with Crippen LogP contribution in [0.1, 0.15) is 10.4 Å². The summed E-state index contributed by atoms with van der Waals surface area (Å²) in [7, 11) is 0. The number of rotatable bonds is 10. The lowest BCUT2D eigenvalue weighted by molar-refractivity contribution is -0.152. The summed E-state index contributed by atoms with van der Waals surface area (Å²) in [5.41, 5.74) is 0.0676. The van der Waals surface area contributed by atoms with Gasteiger partial charge in [-0.2, -0.15) is 0 Å². The average molecular weight is 503 g/mol. The Bertz CT molecular complexity index is 881. The molecule has 0 bridgehead atoms. The zero-order valence-corrected chi connectivity index (χ0v) is 17.7. The molecule has 1 heterocycles. The number of nitrogens with one attached hydrogen (secondary N) is 1. The van der Waals surface area contributed by atoms with E-state index in [2.05, 4.69) is 21.2 Å². The van der Waals surface area contributed by atoms with Crippen LogP contribution < -0.4 is 5.32 Å². The molecule has 1 aromatic rings. The number of β-lactam (4-membered cyclic amide) rings is 1. The Kier molecular flexibility index (Phi) is 8.54. The van der Waals surface area contributed by atoms with Crippen molar-refractivity contribution in [1.82, 2.24) is 10.2 Å². The second kappa shape index (κ2) is 10.9. The topological polar surface area (TPSA) is 130 Å². The fraction of sp³-hybridized carbons (Fsp3) is 0.278. The Morgan fingerprint density at radius 2 is 1.97 bits per heavy atom. The van der Waals surface area contributed by atoms with Gasteiger partial charge >= 0.3 is 5.97 Å². The van der Waals surface area contributed by atoms with Crippen molar-refractivity contribution in [3.05, 3.63) is 47.4 Å². The molecular formula is C18H16BrFN2O7S. The molecule has 1 aliphatic rings. The third-order valence-electron chi connectivity index (χ3n) is 3.94. The van der Waals surface area contributed by atoms with Gasteiger partial charge in [-0.25, -0.2) is 9.18 Å². The number of aliphatic hydroxyl groups excluding tert-OH is 1. The van der Waals surface area contributed by atoms with Crippen molar-refractivity contribution in [1.29, 1.82) is 0 Å². The van der Waals surface area contributed by atoms with Crippen molar-refractivity contribution in [2.45, 2.75) is 11.4 Å². The third kappa shape index (κ3) is 5.25. The minimum absolute atomic E-state index is 0.242. The van der Waals surface area contributed by atoms with Gasteiger partial charge in [0.2, 0.25) is 0 Å². The number of esters is 1. The molecule has 0 radical (unpaired) electrons. The van der Waals surface area contributed by atoms with E-state index in [1.54, 1.807) is 18.2 Å². The second-order valence-corrected chi connectivity index (χ2v) is 7.31. The first kappa shape index (κ1) is 23.5. The van der Waals surface area contributed by atoms with Gasteiger partial charge in [-0.05, 0) is 0 Å². The summed E-state index contributed by atoms with van der Waals surface area (Å²) in [6.07, 6.45) is 0. The van der Waals surface area contributed by atoms with E-state index >= 15 is 0 Å². The van der Waals surface area contributed by atoms with Crippen molar-refractivity contribution in [2.75, 3.05) is 18.6 Å². The average Bonchev–Trinajstić information content (AvgIpc) is 2.78. The smallest absolute Gasteiger partial charge is 0.359 e. The number of aliphatic hydroxyl groups is 1. The number of Topliss-reactive ketones (excluding diaryl/α,β-unsaturated/α-hetero) is 1. The van der Waals surface area contributed by atoms with Crippen LogP contribution in [-0.2, 0) is 23.9 Å². The van der Waals surface area contributed by atoms with E-state index in [1.165, 1.54) is 12.1 Å². The Morgan fingerprint density at radius 3 is 2.53 bits per heavy atom. The van der Waals surface area contributed by atoms with Crippen LogP contribution in [0.4, 0.5) is 4.39 Å². The van der Waals surface area contributed by atoms with Crippen LogP contribution in [0.25, 0.3) is 0 Å². The monoisotopic (exact) mass is 502 g/mol. The molecular weight excluding hydrogens is 487 g/mol. The number of hydrogen-bond donors (Lipinski definition) is 2. The highest BCUT2D eigenvalue weighted by atomic mass is 79.9. The summed E-state index contributed by atoms with van der Waals surface area (Å²) in [6, 6.07) is 6.73. The first-order chi connectivity index (χ1) is 14.3. The molecule has 0 aliphatic carbocycles. The number of halogens is 2. The molecule has 12 heteroatoms. The maximum Gasteiger partial charge on any atom is 0.359 e. The number of carbonyl (C=O) groups excluding carboxylic acids is 5. The molecule has 160 valence electrons. The number of carbonyl (C=O) groups is 5. The predicted octanol–water partition coefficient (Wildman–Crippen LogP) is 1.12. The van der Waals surface area contributed by atoms with E-state index < -0.39 is 59.7 Å². The van der Waals surface area contributed by atoms with Crippen molar-refractivity contribution in [2.24, 2.45) is 0 Å². The van der Waals surface area contributed by atoms with Gasteiger partial charge in [-0.1, -0.05) is 58.0 Å². The van der Waals surface area contributed by atoms with Crippen LogP contribution >= 0.6 is 27.7 Å². The number of amides is 2. The molecule has 30 heavy (non-hydrogen) atoms. The Labute approximate surface area is 182 Å². The van der Waals surface area contributed by atoms with E-state index in [4.69, 9.17) is 4.74 Å². The van der Waals surface area contributed by atoms with Crippen molar-refractivity contribution in [3.63, 3.8) is 0 Å². The molecule has 2 atom stereocenters. The summed E-state index contributed by atoms with van der Waals surface area (Å²) in [4.78, 5) is 60.1. The SMILES string of the molecule is O=CSC1C(NC(=O)CF)C(=O)N1/C(C(=O)OCC(=O)c1ccccc1)=C(/O)CBr. The molecule has 1 aromatic carbocycles. The van der Waals surface area contributed by atoms with Crippen LogP contribution in [0.3, 0.4) is 0 Å². The highest BCUT2D eigenvalue weighted by Gasteiger charge is 2.53. The molecule has 0 saturated carbocycles. The second-order valence-electron chi connectivity index (χ2n) is 5.80. The Morgan fingerprint density at radius 1 is 1.30 bits per heavy atom. The molecule has 9 nitrogen and oxygen atoms in total. The quantitative estimate of drug-likeness (QED) is 0.0925. The summed E-state index contributed by atoms with van der Waals surface area (Å²) in [6.45, 7) is -2.03. The molecule has 2 rings (SSSR count). The van der Waals surface area contributed by atoms with Gasteiger partial charge < -0.3 is 15.2 Å². The zero-order valence-electron chi connectivity index (χ0n) is 15.2. The Hall–Kier alpha value is -2.73. The first-order valence-electron chi connectivity index (χ1n) is 8.36. The number of ketones is 1. The van der Waals surface area contributed by atoms with Crippen LogP contribution in [0, 0.1) is 0 Å². The lowest BCUT2D eigenvalue weighted by Crippen LogP contribution is -2.69. The normalized spacial score (nSPS) is 18.7. The molecule has 0 spiro atoms. The number of benzene rings is 1. The van der Waals surface area contributed by atoms with E-state index in [0.717, 1.165) is 4.90 Å². The molecule has 2 N–H and O–H groups in total. The molecule has 1 fully saturated rings. The highest BCUT2D eigenvalue weighted by molar-refractivity contribution is 9.09. The van der Waals surface area contributed by atoms with E-state index in [9.17, 15) is 33.5 Å². The van der Waals surface area contributed by atoms with Crippen molar-refractivity contribution < 1.29 is 38.2 Å². The molecule has 1 aliphatic heterocycles. The van der Waals surface area contributed by atoms with Gasteiger partial charge in [0.25, 0.3) is 11.8 Å². The lowest BCUT2D eigenvalue weighted by Gasteiger charge is -2.45. The van der Waals surface area contributed by atoms with Gasteiger partial charge in [-0.3, -0.25) is 24.1 Å². The summed E-state index contributed by atoms with van der Waals surface area (Å²) < 4.78 is 17.4. The number of nitrogens with zero attached hydrogens (tertiary/aromatic N) is 1. The minimum atomic E-state index is -1.37. The minimum Gasteiger partial charge on any atom is -0.509 e. The molecule has 0 aromatic heterocycles. The van der Waals surface area contributed by atoms with Crippen molar-refractivity contribution >= 4 is 56.9 Å². The number of hydrogen-bond acceptors (Lipinski definition) is 8. The summed E-state index contributed by atoms with van der Waals surface area (Å²) in [5.74, 6) is -4.21. The van der Waals surface area contributed by atoms with E-state index in [0.29, 0.717) is 22.9 Å². The van der Waals surface area contributed by atoms with E-state index in [-0.39, 0.29) is 5.33 Å². The van der Waals surface area contributed by atoms with Gasteiger partial charge in [-0.15, -0.1) is 0 Å². The first-order valence-corrected chi connectivity index (χ1v) is 10.4. The standard InChI is InChI=1S/C18H16BrFN2O7S/c19-6-11(24)15(18(28)29-8-12(25)10-4-2-1-3-5-10)22-16(27)14(17(22)30-9-23)21-13(26)7-20/h1-5,9,14,17,24H,6-8H2,(H,21,26)/b15-11+. The molecule has 1 saturated heterocycles. The van der Waals surface area contributed by atoms with Crippen LogP contribution in [-0.4, -0.2) is 69.2 Å². The van der Waals surface area contributed by atoms with Crippen LogP contribution in [0.2, 0.25) is 0 Å². The fourth-order valence-electron chi connectivity index (χ4n) is 2.57. The van der Waals surface area contributed by atoms with Gasteiger partial charge in [0.05, 0.1) is 5.33 Å². The zero-order chi connectivity index (χ0) is 22.3. The maximum atomic E-state index is 12.5. The predicted molar refractivity (Wildman–Crippen MR) is 108 cm³/mol. The Balaban J connectivity index is 2.19. The lowest BCUT2D eigenvalue weighted by atomic mass is 10.1. The van der Waals surface area contributed by atoms with Crippen LogP contribution in [0.15, 0.2) is 41.8 Å². The van der Waals surface area contributed by atoms with Gasteiger partial charge in [0, 0.05) is 5.56 Å². The fourth-order valence-corrected chi connectivity index (χ4v) is 3.62. The molecule has 2 unspecified atom stereocenters. The largest absolute Gasteiger partial charge is 0.509 e. The summed E-state index contributed by atoms with van der Waals surface area (Å²) in [5, 5.41) is 10.9. The van der Waals surface area contributed by atoms with E-state index in [1.807, 2.05) is 0 Å². The summed E-state index contributed by atoms with van der Waals surface area (Å²) >= 11 is 3.49. The number of likely N-dealkylation sites (tertiary alicyclic amines) is 1. The molecule has 2 amide bonds.